The molecule has 0 saturated heterocycles. The largest absolute Gasteiger partial charge is 0.342 e. The number of unbranched alkanes of at least 4 members (excludes halogenated alkanes) is 2. The summed E-state index contributed by atoms with van der Waals surface area (Å²) in [6.45, 7) is 17.1. The summed E-state index contributed by atoms with van der Waals surface area (Å²) < 4.78 is 3.24. The van der Waals surface area contributed by atoms with Crippen molar-refractivity contribution in [3.8, 4) is 0 Å². The molecule has 0 saturated carbocycles. The van der Waals surface area contributed by atoms with Gasteiger partial charge in [-0.05, 0) is 54.8 Å². The molecule has 6 heteroatoms. The lowest BCUT2D eigenvalue weighted by Crippen LogP contribution is -2.69. The molecule has 0 aromatic heterocycles. The molecule has 0 aliphatic carbocycles. The lowest BCUT2D eigenvalue weighted by Gasteiger charge is -2.56. The van der Waals surface area contributed by atoms with Gasteiger partial charge in [0.2, 0.25) is 7.42 Å². The quantitative estimate of drug-likeness (QED) is 0.141. The molecule has 0 radical (unpaired) electrons. The molecule has 0 aromatic carbocycles. The zero-order valence-electron chi connectivity index (χ0n) is 18.1. The van der Waals surface area contributed by atoms with Gasteiger partial charge in [-0.3, -0.25) is 0 Å². The third-order valence-corrected chi connectivity index (χ3v) is 22.4. The first-order valence-electron chi connectivity index (χ1n) is 10.9. The maximum atomic E-state index is 6.50. The van der Waals surface area contributed by atoms with E-state index >= 15 is 0 Å². The van der Waals surface area contributed by atoms with E-state index < -0.39 is 23.9 Å². The molecule has 1 unspecified atom stereocenters. The Labute approximate surface area is 172 Å². The van der Waals surface area contributed by atoms with E-state index in [9.17, 15) is 0 Å². The smallest absolute Gasteiger partial charge is 0.238 e. The van der Waals surface area contributed by atoms with Crippen molar-refractivity contribution in [2.45, 2.75) is 122 Å². The van der Waals surface area contributed by atoms with Crippen LogP contribution in [0.15, 0.2) is 0 Å². The van der Waals surface area contributed by atoms with Gasteiger partial charge in [-0.1, -0.05) is 67.7 Å². The zero-order chi connectivity index (χ0) is 19.5. The maximum Gasteiger partial charge on any atom is 0.238 e. The first-order valence-corrected chi connectivity index (χ1v) is 20.4. The van der Waals surface area contributed by atoms with Crippen molar-refractivity contribution in [3.63, 3.8) is 0 Å². The minimum Gasteiger partial charge on any atom is -0.342 e. The average molecular weight is 443 g/mol. The van der Waals surface area contributed by atoms with Crippen LogP contribution >= 0.6 is 22.2 Å². The Morgan fingerprint density at radius 2 is 1.12 bits per heavy atom. The Hall–Kier alpha value is 1.19. The van der Waals surface area contributed by atoms with Gasteiger partial charge in [-0.15, -0.1) is 0 Å². The van der Waals surface area contributed by atoms with Gasteiger partial charge in [0.25, 0.3) is 0 Å². The lowest BCUT2D eigenvalue weighted by atomic mass is 10.1. The van der Waals surface area contributed by atoms with Crippen LogP contribution < -0.4 is 0 Å². The standard InChI is InChI=1S/C19H45Cl2NSi3/c1-8-15-16-17-19(18-23(20)21)22(24(9-2,10-3)11-4)25(12-5,13-6)14-7/h19,23H,8-18H2,1-7H3. The van der Waals surface area contributed by atoms with Crippen LogP contribution in [-0.2, 0) is 0 Å². The highest BCUT2D eigenvalue weighted by molar-refractivity contribution is 7.33. The first kappa shape index (κ1) is 26.2. The molecule has 0 aliphatic rings. The van der Waals surface area contributed by atoms with E-state index in [1.165, 1.54) is 61.9 Å². The van der Waals surface area contributed by atoms with Crippen LogP contribution in [0, 0.1) is 0 Å². The summed E-state index contributed by atoms with van der Waals surface area (Å²) in [5.41, 5.74) is 0. The van der Waals surface area contributed by atoms with Gasteiger partial charge in [0.1, 0.15) is 16.5 Å². The van der Waals surface area contributed by atoms with Crippen LogP contribution in [0.5, 0.6) is 0 Å². The molecule has 0 bridgehead atoms. The van der Waals surface area contributed by atoms with Crippen molar-refractivity contribution in [2.75, 3.05) is 0 Å². The molecule has 0 heterocycles. The second-order valence-electron chi connectivity index (χ2n) is 7.72. The van der Waals surface area contributed by atoms with Crippen molar-refractivity contribution in [1.82, 2.24) is 4.23 Å². The molecule has 0 amide bonds. The Bertz CT molecular complexity index is 298. The fraction of sp³-hybridized carbons (Fsp3) is 1.00. The van der Waals surface area contributed by atoms with Gasteiger partial charge in [0, 0.05) is 0 Å². The highest BCUT2D eigenvalue weighted by Crippen LogP contribution is 2.40. The fourth-order valence-corrected chi connectivity index (χ4v) is 21.4. The SMILES string of the molecule is CCCCCC(C[SiH](Cl)Cl)N([Si](CC)(CC)CC)[Si](CC)(CC)CC. The van der Waals surface area contributed by atoms with E-state index in [1.54, 1.807) is 0 Å². The molecule has 1 atom stereocenters. The summed E-state index contributed by atoms with van der Waals surface area (Å²) in [6, 6.07) is 10.1. The molecule has 0 rings (SSSR count). The van der Waals surface area contributed by atoms with E-state index in [2.05, 4.69) is 52.7 Å². The van der Waals surface area contributed by atoms with Crippen molar-refractivity contribution < 1.29 is 0 Å². The van der Waals surface area contributed by atoms with E-state index in [0.29, 0.717) is 6.04 Å². The van der Waals surface area contributed by atoms with E-state index in [-0.39, 0.29) is 0 Å². The van der Waals surface area contributed by atoms with Crippen molar-refractivity contribution >= 4 is 46.0 Å². The summed E-state index contributed by atoms with van der Waals surface area (Å²) in [5, 5.41) is 0. The monoisotopic (exact) mass is 441 g/mol. The molecular weight excluding hydrogens is 397 g/mol. The third kappa shape index (κ3) is 6.94. The number of rotatable bonds is 15. The summed E-state index contributed by atoms with van der Waals surface area (Å²) >= 11 is 13.0. The minimum absolute atomic E-state index is 0.663. The second kappa shape index (κ2) is 13.4. The molecule has 152 valence electrons. The number of nitrogens with zero attached hydrogens (tertiary/aromatic N) is 1. The van der Waals surface area contributed by atoms with Crippen molar-refractivity contribution in [2.24, 2.45) is 0 Å². The van der Waals surface area contributed by atoms with Gasteiger partial charge < -0.3 is 4.23 Å². The molecule has 1 nitrogen and oxygen atoms in total. The number of hydrogen-bond donors (Lipinski definition) is 0. The Kier molecular flexibility index (Phi) is 14.0. The van der Waals surface area contributed by atoms with Crippen molar-refractivity contribution in [1.29, 1.82) is 0 Å². The zero-order valence-corrected chi connectivity index (χ0v) is 22.8. The van der Waals surface area contributed by atoms with Crippen LogP contribution in [0.2, 0.25) is 42.3 Å². The summed E-state index contributed by atoms with van der Waals surface area (Å²) in [4.78, 5) is 0. The van der Waals surface area contributed by atoms with Gasteiger partial charge in [-0.2, -0.15) is 22.2 Å². The van der Waals surface area contributed by atoms with Crippen LogP contribution in [0.4, 0.5) is 0 Å². The first-order chi connectivity index (χ1) is 11.9. The topological polar surface area (TPSA) is 3.24 Å². The second-order valence-corrected chi connectivity index (χ2v) is 23.4. The Morgan fingerprint density at radius 3 is 1.40 bits per heavy atom. The van der Waals surface area contributed by atoms with E-state index in [4.69, 9.17) is 22.2 Å². The summed E-state index contributed by atoms with van der Waals surface area (Å²) in [6.07, 6.45) is 5.31. The number of halogens is 2. The minimum atomic E-state index is -1.60. The van der Waals surface area contributed by atoms with Crippen LogP contribution in [0.3, 0.4) is 0 Å². The third-order valence-electron chi connectivity index (χ3n) is 6.93. The van der Waals surface area contributed by atoms with E-state index in [0.717, 1.165) is 6.04 Å². The summed E-state index contributed by atoms with van der Waals surface area (Å²) in [7, 11) is -4.47. The van der Waals surface area contributed by atoms with Gasteiger partial charge in [-0.25, -0.2) is 0 Å². The molecular formula is C19H45Cl2NSi3. The molecule has 0 aliphatic heterocycles. The lowest BCUT2D eigenvalue weighted by molar-refractivity contribution is 0.409. The summed E-state index contributed by atoms with van der Waals surface area (Å²) in [5.74, 6) is 0. The normalized spacial score (nSPS) is 14.5. The molecule has 0 aromatic rings. The van der Waals surface area contributed by atoms with Crippen LogP contribution in [-0.4, -0.2) is 34.2 Å². The molecule has 25 heavy (non-hydrogen) atoms. The molecule has 0 spiro atoms. The Balaban J connectivity index is 6.08. The average Bonchev–Trinajstić information content (AvgIpc) is 2.62. The highest BCUT2D eigenvalue weighted by atomic mass is 35.7. The predicted molar refractivity (Wildman–Crippen MR) is 128 cm³/mol. The predicted octanol–water partition coefficient (Wildman–Crippen LogP) is 7.95. The highest BCUT2D eigenvalue weighted by Gasteiger charge is 2.49. The van der Waals surface area contributed by atoms with Gasteiger partial charge >= 0.3 is 0 Å². The fourth-order valence-electron chi connectivity index (χ4n) is 4.99. The van der Waals surface area contributed by atoms with E-state index in [1.807, 2.05) is 0 Å². The Morgan fingerprint density at radius 1 is 0.720 bits per heavy atom. The van der Waals surface area contributed by atoms with Gasteiger partial charge in [0.05, 0.1) is 0 Å². The van der Waals surface area contributed by atoms with Crippen LogP contribution in [0.25, 0.3) is 0 Å². The van der Waals surface area contributed by atoms with Crippen molar-refractivity contribution in [3.05, 3.63) is 0 Å². The molecule has 0 fully saturated rings. The molecule has 0 N–H and O–H groups in total. The van der Waals surface area contributed by atoms with Crippen LogP contribution in [0.1, 0.15) is 74.1 Å². The number of hydrogen-bond acceptors (Lipinski definition) is 1. The van der Waals surface area contributed by atoms with Gasteiger partial charge in [0.15, 0.2) is 0 Å². The maximum absolute atomic E-state index is 6.50.